The number of amides is 1. The van der Waals surface area contributed by atoms with Crippen LogP contribution in [0.1, 0.15) is 6.42 Å². The molecule has 9 nitrogen and oxygen atoms in total. The second kappa shape index (κ2) is 11.7. The Morgan fingerprint density at radius 2 is 1.75 bits per heavy atom. The van der Waals surface area contributed by atoms with E-state index in [2.05, 4.69) is 25.0 Å². The van der Waals surface area contributed by atoms with Gasteiger partial charge in [0.1, 0.15) is 5.75 Å². The largest absolute Gasteiger partial charge is 0.573 e. The first-order chi connectivity index (χ1) is 14.8. The van der Waals surface area contributed by atoms with Crippen LogP contribution in [0.15, 0.2) is 47.7 Å². The SMILES string of the molecule is I.NC(=NCCC(=O)N1CCN(c2ncccn2)CC1)Nc1ccc(OC(F)(F)F)cc1. The Bertz CT molecular complexity index is 890. The van der Waals surface area contributed by atoms with Crippen LogP contribution in [-0.4, -0.2) is 65.8 Å². The van der Waals surface area contributed by atoms with Crippen LogP contribution in [-0.2, 0) is 4.79 Å². The standard InChI is InChI=1S/C19H22F3N7O2.HI/c20-19(21,22)31-15-4-2-14(3-5-15)27-17(23)24-9-6-16(30)28-10-12-29(13-11-28)18-25-7-1-8-26-18;/h1-5,7-8H,6,9-13H2,(H3,23,24,27);1H. The number of piperazine rings is 1. The maximum absolute atomic E-state index is 12.4. The van der Waals surface area contributed by atoms with Gasteiger partial charge in [-0.3, -0.25) is 9.79 Å². The number of nitrogens with two attached hydrogens (primary N) is 1. The third kappa shape index (κ3) is 8.01. The Balaban J connectivity index is 0.00000363. The van der Waals surface area contributed by atoms with Crippen LogP contribution in [0.4, 0.5) is 24.8 Å². The van der Waals surface area contributed by atoms with E-state index in [1.165, 1.54) is 12.1 Å². The van der Waals surface area contributed by atoms with Crippen molar-refractivity contribution in [1.29, 1.82) is 0 Å². The summed E-state index contributed by atoms with van der Waals surface area (Å²) < 4.78 is 40.3. The van der Waals surface area contributed by atoms with Crippen LogP contribution in [0.5, 0.6) is 5.75 Å². The van der Waals surface area contributed by atoms with E-state index in [0.717, 1.165) is 12.1 Å². The Labute approximate surface area is 199 Å². The molecule has 1 aliphatic rings. The molecule has 1 aromatic heterocycles. The first kappa shape index (κ1) is 25.4. The first-order valence-electron chi connectivity index (χ1n) is 9.53. The van der Waals surface area contributed by atoms with Gasteiger partial charge in [-0.1, -0.05) is 0 Å². The summed E-state index contributed by atoms with van der Waals surface area (Å²) in [5, 5.41) is 2.75. The highest BCUT2D eigenvalue weighted by molar-refractivity contribution is 14.0. The Morgan fingerprint density at radius 3 is 2.34 bits per heavy atom. The average molecular weight is 565 g/mol. The molecule has 0 aliphatic carbocycles. The topological polar surface area (TPSA) is 109 Å². The minimum Gasteiger partial charge on any atom is -0.406 e. The molecule has 13 heteroatoms. The fourth-order valence-electron chi connectivity index (χ4n) is 2.97. The highest BCUT2D eigenvalue weighted by Gasteiger charge is 2.31. The fraction of sp³-hybridized carbons (Fsp3) is 0.368. The summed E-state index contributed by atoms with van der Waals surface area (Å²) in [5.74, 6) is 0.344. The van der Waals surface area contributed by atoms with Crippen LogP contribution >= 0.6 is 24.0 Å². The number of carbonyl (C=O) groups excluding carboxylic acids is 1. The molecule has 2 aromatic rings. The molecule has 174 valence electrons. The van der Waals surface area contributed by atoms with Crippen molar-refractivity contribution in [2.45, 2.75) is 12.8 Å². The molecule has 0 spiro atoms. The van der Waals surface area contributed by atoms with Gasteiger partial charge < -0.3 is 25.6 Å². The number of anilines is 2. The van der Waals surface area contributed by atoms with Crippen LogP contribution in [0.25, 0.3) is 0 Å². The normalized spacial score (nSPS) is 14.5. The van der Waals surface area contributed by atoms with Crippen molar-refractivity contribution in [1.82, 2.24) is 14.9 Å². The lowest BCUT2D eigenvalue weighted by molar-refractivity contribution is -0.274. The molecule has 32 heavy (non-hydrogen) atoms. The maximum atomic E-state index is 12.4. The van der Waals surface area contributed by atoms with E-state index < -0.39 is 6.36 Å². The number of carbonyl (C=O) groups is 1. The second-order valence-corrected chi connectivity index (χ2v) is 6.63. The minimum atomic E-state index is -4.75. The van der Waals surface area contributed by atoms with Crippen molar-refractivity contribution in [3.05, 3.63) is 42.7 Å². The van der Waals surface area contributed by atoms with E-state index in [9.17, 15) is 18.0 Å². The van der Waals surface area contributed by atoms with E-state index >= 15 is 0 Å². The number of ether oxygens (including phenoxy) is 1. The maximum Gasteiger partial charge on any atom is 0.573 e. The van der Waals surface area contributed by atoms with Crippen molar-refractivity contribution in [3.63, 3.8) is 0 Å². The Hall–Kier alpha value is -2.84. The predicted molar refractivity (Wildman–Crippen MR) is 124 cm³/mol. The van der Waals surface area contributed by atoms with E-state index in [1.54, 1.807) is 23.4 Å². The number of alkyl halides is 3. The van der Waals surface area contributed by atoms with Crippen molar-refractivity contribution in [2.24, 2.45) is 10.7 Å². The highest BCUT2D eigenvalue weighted by atomic mass is 127. The lowest BCUT2D eigenvalue weighted by Gasteiger charge is -2.34. The van der Waals surface area contributed by atoms with Gasteiger partial charge >= 0.3 is 6.36 Å². The number of hydrogen-bond donors (Lipinski definition) is 2. The van der Waals surface area contributed by atoms with Crippen LogP contribution < -0.4 is 20.7 Å². The van der Waals surface area contributed by atoms with Gasteiger partial charge in [0.25, 0.3) is 0 Å². The van der Waals surface area contributed by atoms with Gasteiger partial charge in [-0.2, -0.15) is 0 Å². The van der Waals surface area contributed by atoms with Gasteiger partial charge in [-0.05, 0) is 30.3 Å². The van der Waals surface area contributed by atoms with Gasteiger partial charge in [0.2, 0.25) is 11.9 Å². The number of halogens is 4. The molecule has 0 radical (unpaired) electrons. The number of nitrogens with one attached hydrogen (secondary N) is 1. The molecule has 2 heterocycles. The number of hydrogen-bond acceptors (Lipinski definition) is 6. The summed E-state index contributed by atoms with van der Waals surface area (Å²) in [6, 6.07) is 6.83. The smallest absolute Gasteiger partial charge is 0.406 e. The van der Waals surface area contributed by atoms with Gasteiger partial charge in [-0.15, -0.1) is 37.1 Å². The Morgan fingerprint density at radius 1 is 1.12 bits per heavy atom. The summed E-state index contributed by atoms with van der Waals surface area (Å²) in [4.78, 5) is 28.7. The molecule has 0 bridgehead atoms. The van der Waals surface area contributed by atoms with Gasteiger partial charge in [0.05, 0.1) is 6.54 Å². The van der Waals surface area contributed by atoms with Crippen molar-refractivity contribution >= 4 is 47.5 Å². The second-order valence-electron chi connectivity index (χ2n) is 6.63. The van der Waals surface area contributed by atoms with Crippen molar-refractivity contribution < 1.29 is 22.7 Å². The van der Waals surface area contributed by atoms with Gasteiger partial charge in [0.15, 0.2) is 5.96 Å². The quantitative estimate of drug-likeness (QED) is 0.315. The minimum absolute atomic E-state index is 0. The van der Waals surface area contributed by atoms with Crippen molar-refractivity contribution in [3.8, 4) is 5.75 Å². The molecule has 3 rings (SSSR count). The van der Waals surface area contributed by atoms with Crippen molar-refractivity contribution in [2.75, 3.05) is 42.9 Å². The number of aliphatic imine (C=N–C) groups is 1. The van der Waals surface area contributed by atoms with Gasteiger partial charge in [0, 0.05) is 50.7 Å². The number of nitrogens with zero attached hydrogens (tertiary/aromatic N) is 5. The fourth-order valence-corrected chi connectivity index (χ4v) is 2.97. The zero-order chi connectivity index (χ0) is 22.3. The van der Waals surface area contributed by atoms with Crippen LogP contribution in [0.3, 0.4) is 0 Å². The molecule has 0 saturated carbocycles. The average Bonchev–Trinajstić information content (AvgIpc) is 2.75. The zero-order valence-corrected chi connectivity index (χ0v) is 19.3. The monoisotopic (exact) mass is 565 g/mol. The third-order valence-corrected chi connectivity index (χ3v) is 4.44. The molecule has 1 aliphatic heterocycles. The van der Waals surface area contributed by atoms with E-state index in [4.69, 9.17) is 5.73 Å². The number of aromatic nitrogens is 2. The molecule has 1 amide bonds. The Kier molecular flexibility index (Phi) is 9.28. The summed E-state index contributed by atoms with van der Waals surface area (Å²) in [7, 11) is 0. The lowest BCUT2D eigenvalue weighted by Crippen LogP contribution is -2.49. The van der Waals surface area contributed by atoms with E-state index in [0.29, 0.717) is 37.8 Å². The summed E-state index contributed by atoms with van der Waals surface area (Å²) in [6.07, 6.45) is -1.19. The molecular formula is C19H23F3IN7O2. The number of benzene rings is 1. The zero-order valence-electron chi connectivity index (χ0n) is 17.0. The highest BCUT2D eigenvalue weighted by Crippen LogP contribution is 2.23. The van der Waals surface area contributed by atoms with E-state index in [1.807, 2.05) is 4.90 Å². The third-order valence-electron chi connectivity index (χ3n) is 4.44. The van der Waals surface area contributed by atoms with Crippen LogP contribution in [0, 0.1) is 0 Å². The molecule has 1 saturated heterocycles. The molecule has 1 fully saturated rings. The molecule has 0 unspecified atom stereocenters. The summed E-state index contributed by atoms with van der Waals surface area (Å²) >= 11 is 0. The van der Waals surface area contributed by atoms with E-state index in [-0.39, 0.29) is 54.6 Å². The molecular weight excluding hydrogens is 542 g/mol. The van der Waals surface area contributed by atoms with Gasteiger partial charge in [-0.25, -0.2) is 9.97 Å². The molecule has 3 N–H and O–H groups in total. The molecule has 1 aromatic carbocycles. The summed E-state index contributed by atoms with van der Waals surface area (Å²) in [6.45, 7) is 2.63. The number of rotatable bonds is 6. The molecule has 0 atom stereocenters. The lowest BCUT2D eigenvalue weighted by atomic mass is 10.3. The summed E-state index contributed by atoms with van der Waals surface area (Å²) in [5.41, 5.74) is 6.22. The number of guanidine groups is 1. The first-order valence-corrected chi connectivity index (χ1v) is 9.53. The predicted octanol–water partition coefficient (Wildman–Crippen LogP) is 2.46. The van der Waals surface area contributed by atoms with Crippen LogP contribution in [0.2, 0.25) is 0 Å².